The van der Waals surface area contributed by atoms with Crippen LogP contribution in [-0.2, 0) is 11.3 Å². The number of hydrogen-bond acceptors (Lipinski definition) is 5. The maximum Gasteiger partial charge on any atom is 0.231 e. The van der Waals surface area contributed by atoms with Crippen LogP contribution in [0.5, 0.6) is 11.5 Å². The van der Waals surface area contributed by atoms with E-state index in [1.807, 2.05) is 6.07 Å². The van der Waals surface area contributed by atoms with Crippen LogP contribution < -0.4 is 15.2 Å². The normalized spacial score (nSPS) is 23.3. The summed E-state index contributed by atoms with van der Waals surface area (Å²) < 4.78 is 16.2. The number of benzene rings is 1. The van der Waals surface area contributed by atoms with Crippen LogP contribution in [0.1, 0.15) is 5.56 Å². The summed E-state index contributed by atoms with van der Waals surface area (Å²) in [5, 5.41) is 0. The number of morpholine rings is 1. The summed E-state index contributed by atoms with van der Waals surface area (Å²) in [7, 11) is 0. The smallest absolute Gasteiger partial charge is 0.231 e. The zero-order chi connectivity index (χ0) is 12.4. The molecule has 98 valence electrons. The van der Waals surface area contributed by atoms with Crippen molar-refractivity contribution < 1.29 is 14.2 Å². The minimum absolute atomic E-state index is 0.160. The van der Waals surface area contributed by atoms with Gasteiger partial charge in [-0.25, -0.2) is 0 Å². The topological polar surface area (TPSA) is 57.0 Å². The van der Waals surface area contributed by atoms with Gasteiger partial charge in [-0.2, -0.15) is 0 Å². The summed E-state index contributed by atoms with van der Waals surface area (Å²) in [5.41, 5.74) is 6.88. The number of ether oxygens (including phenoxy) is 3. The van der Waals surface area contributed by atoms with E-state index < -0.39 is 0 Å². The molecular weight excluding hydrogens is 232 g/mol. The van der Waals surface area contributed by atoms with Crippen molar-refractivity contribution >= 4 is 0 Å². The van der Waals surface area contributed by atoms with Crippen molar-refractivity contribution in [1.29, 1.82) is 0 Å². The Balaban J connectivity index is 1.65. The van der Waals surface area contributed by atoms with Crippen LogP contribution in [-0.4, -0.2) is 44.0 Å². The Hall–Kier alpha value is -1.30. The zero-order valence-corrected chi connectivity index (χ0v) is 10.3. The lowest BCUT2D eigenvalue weighted by atomic mass is 10.1. The fourth-order valence-electron chi connectivity index (χ4n) is 2.36. The summed E-state index contributed by atoms with van der Waals surface area (Å²) in [6, 6.07) is 6.11. The average molecular weight is 250 g/mol. The summed E-state index contributed by atoms with van der Waals surface area (Å²) in [5.74, 6) is 1.68. The van der Waals surface area contributed by atoms with Crippen LogP contribution in [0.2, 0.25) is 0 Å². The van der Waals surface area contributed by atoms with Gasteiger partial charge in [-0.1, -0.05) is 6.07 Å². The van der Waals surface area contributed by atoms with Gasteiger partial charge in [0.2, 0.25) is 6.79 Å². The molecule has 5 heteroatoms. The molecule has 5 nitrogen and oxygen atoms in total. The maximum atomic E-state index is 5.64. The fourth-order valence-corrected chi connectivity index (χ4v) is 2.36. The Morgan fingerprint density at radius 3 is 3.06 bits per heavy atom. The number of nitrogens with zero attached hydrogens (tertiary/aromatic N) is 1. The molecule has 1 saturated heterocycles. The second-order valence-electron chi connectivity index (χ2n) is 4.65. The van der Waals surface area contributed by atoms with E-state index in [0.717, 1.165) is 37.7 Å². The van der Waals surface area contributed by atoms with Crippen molar-refractivity contribution in [1.82, 2.24) is 4.90 Å². The van der Waals surface area contributed by atoms with Crippen LogP contribution in [0, 0.1) is 0 Å². The number of nitrogens with two attached hydrogens (primary N) is 1. The molecular formula is C13H18N2O3. The molecule has 1 atom stereocenters. The van der Waals surface area contributed by atoms with Gasteiger partial charge in [0.15, 0.2) is 11.5 Å². The molecule has 1 aromatic rings. The first-order valence-electron chi connectivity index (χ1n) is 6.27. The van der Waals surface area contributed by atoms with Gasteiger partial charge in [-0.3, -0.25) is 4.90 Å². The molecule has 0 radical (unpaired) electrons. The molecule has 18 heavy (non-hydrogen) atoms. The quantitative estimate of drug-likeness (QED) is 0.850. The highest BCUT2D eigenvalue weighted by atomic mass is 16.7. The van der Waals surface area contributed by atoms with Gasteiger partial charge in [-0.15, -0.1) is 0 Å². The molecule has 1 aromatic carbocycles. The molecule has 0 saturated carbocycles. The second-order valence-corrected chi connectivity index (χ2v) is 4.65. The highest BCUT2D eigenvalue weighted by Crippen LogP contribution is 2.32. The van der Waals surface area contributed by atoms with Gasteiger partial charge < -0.3 is 19.9 Å². The number of rotatable bonds is 3. The summed E-state index contributed by atoms with van der Waals surface area (Å²) >= 11 is 0. The molecule has 1 fully saturated rings. The van der Waals surface area contributed by atoms with Gasteiger partial charge >= 0.3 is 0 Å². The van der Waals surface area contributed by atoms with Crippen molar-refractivity contribution in [2.45, 2.75) is 12.6 Å². The Kier molecular flexibility index (Phi) is 3.36. The van der Waals surface area contributed by atoms with E-state index in [1.54, 1.807) is 0 Å². The molecule has 0 aliphatic carbocycles. The highest BCUT2D eigenvalue weighted by molar-refractivity contribution is 5.44. The maximum absolute atomic E-state index is 5.64. The molecule has 3 rings (SSSR count). The molecule has 2 aliphatic rings. The third kappa shape index (κ3) is 2.43. The first-order valence-corrected chi connectivity index (χ1v) is 6.27. The van der Waals surface area contributed by atoms with Gasteiger partial charge in [-0.05, 0) is 17.7 Å². The van der Waals surface area contributed by atoms with Gasteiger partial charge in [0.1, 0.15) is 0 Å². The average Bonchev–Trinajstić information content (AvgIpc) is 2.86. The van der Waals surface area contributed by atoms with Crippen molar-refractivity contribution in [3.63, 3.8) is 0 Å². The van der Waals surface area contributed by atoms with Crippen molar-refractivity contribution in [3.8, 4) is 11.5 Å². The molecule has 2 aliphatic heterocycles. The van der Waals surface area contributed by atoms with Crippen LogP contribution in [0.15, 0.2) is 18.2 Å². The van der Waals surface area contributed by atoms with E-state index in [9.17, 15) is 0 Å². The summed E-state index contributed by atoms with van der Waals surface area (Å²) in [6.45, 7) is 4.40. The number of fused-ring (bicyclic) bond motifs is 1. The monoisotopic (exact) mass is 250 g/mol. The minimum atomic E-state index is 0.160. The third-order valence-corrected chi connectivity index (χ3v) is 3.33. The second kappa shape index (κ2) is 5.14. The van der Waals surface area contributed by atoms with Crippen LogP contribution in [0.4, 0.5) is 0 Å². The summed E-state index contributed by atoms with van der Waals surface area (Å²) in [4.78, 5) is 2.36. The fraction of sp³-hybridized carbons (Fsp3) is 0.538. The Bertz CT molecular complexity index is 425. The number of hydrogen-bond donors (Lipinski definition) is 1. The van der Waals surface area contributed by atoms with E-state index >= 15 is 0 Å². The molecule has 1 unspecified atom stereocenters. The Morgan fingerprint density at radius 1 is 1.28 bits per heavy atom. The SMILES string of the molecule is NCC1CN(Cc2ccc3c(c2)OCO3)CCO1. The highest BCUT2D eigenvalue weighted by Gasteiger charge is 2.20. The predicted octanol–water partition coefficient (Wildman–Crippen LogP) is 0.575. The first kappa shape index (κ1) is 11.8. The standard InChI is InChI=1S/C13H18N2O3/c14-6-11-8-15(3-4-16-11)7-10-1-2-12-13(5-10)18-9-17-12/h1-2,5,11H,3-4,6-9,14H2. The van der Waals surface area contributed by atoms with E-state index in [1.165, 1.54) is 5.56 Å². The summed E-state index contributed by atoms with van der Waals surface area (Å²) in [6.07, 6.45) is 0.160. The van der Waals surface area contributed by atoms with E-state index in [0.29, 0.717) is 13.3 Å². The van der Waals surface area contributed by atoms with Gasteiger partial charge in [0, 0.05) is 26.2 Å². The third-order valence-electron chi connectivity index (χ3n) is 3.33. The lowest BCUT2D eigenvalue weighted by molar-refractivity contribution is -0.0260. The minimum Gasteiger partial charge on any atom is -0.454 e. The first-order chi connectivity index (χ1) is 8.85. The molecule has 0 aromatic heterocycles. The van der Waals surface area contributed by atoms with E-state index in [4.69, 9.17) is 19.9 Å². The van der Waals surface area contributed by atoms with Crippen molar-refractivity contribution in [2.75, 3.05) is 33.0 Å². The van der Waals surface area contributed by atoms with Crippen molar-refractivity contribution in [3.05, 3.63) is 23.8 Å². The molecule has 2 N–H and O–H groups in total. The van der Waals surface area contributed by atoms with Gasteiger partial charge in [0.05, 0.1) is 12.7 Å². The van der Waals surface area contributed by atoms with Crippen molar-refractivity contribution in [2.24, 2.45) is 5.73 Å². The predicted molar refractivity (Wildman–Crippen MR) is 66.6 cm³/mol. The van der Waals surface area contributed by atoms with Crippen LogP contribution in [0.3, 0.4) is 0 Å². The molecule has 0 spiro atoms. The Morgan fingerprint density at radius 2 is 2.17 bits per heavy atom. The van der Waals surface area contributed by atoms with E-state index in [2.05, 4.69) is 17.0 Å². The van der Waals surface area contributed by atoms with Crippen LogP contribution >= 0.6 is 0 Å². The van der Waals surface area contributed by atoms with E-state index in [-0.39, 0.29) is 6.10 Å². The lowest BCUT2D eigenvalue weighted by Gasteiger charge is -2.32. The van der Waals surface area contributed by atoms with Gasteiger partial charge in [0.25, 0.3) is 0 Å². The molecule has 0 amide bonds. The zero-order valence-electron chi connectivity index (χ0n) is 10.3. The molecule has 2 heterocycles. The molecule has 0 bridgehead atoms. The Labute approximate surface area is 106 Å². The van der Waals surface area contributed by atoms with Crippen LogP contribution in [0.25, 0.3) is 0 Å². The largest absolute Gasteiger partial charge is 0.454 e. The lowest BCUT2D eigenvalue weighted by Crippen LogP contribution is -2.45.